The van der Waals surface area contributed by atoms with Gasteiger partial charge in [-0.2, -0.15) is 0 Å². The minimum atomic E-state index is 0.986. The zero-order valence-electron chi connectivity index (χ0n) is 14.4. The van der Waals surface area contributed by atoms with Crippen LogP contribution in [-0.4, -0.2) is 70.9 Å². The van der Waals surface area contributed by atoms with Crippen molar-refractivity contribution in [3.8, 4) is 5.13 Å². The zero-order valence-corrected chi connectivity index (χ0v) is 15.2. The van der Waals surface area contributed by atoms with Gasteiger partial charge in [0.2, 0.25) is 10.3 Å². The Morgan fingerprint density at radius 3 is 2.50 bits per heavy atom. The molecule has 0 aromatic carbocycles. The van der Waals surface area contributed by atoms with Gasteiger partial charge in [0.25, 0.3) is 0 Å². The fourth-order valence-corrected chi connectivity index (χ4v) is 4.40. The van der Waals surface area contributed by atoms with Gasteiger partial charge in [-0.05, 0) is 38.4 Å². The number of nitrogens with zero attached hydrogens (tertiary/aromatic N) is 6. The van der Waals surface area contributed by atoms with Crippen LogP contribution in [-0.2, 0) is 6.54 Å². The van der Waals surface area contributed by atoms with Crippen LogP contribution >= 0.6 is 11.3 Å². The molecule has 0 saturated carbocycles. The van der Waals surface area contributed by atoms with Gasteiger partial charge in [0.15, 0.2) is 0 Å². The van der Waals surface area contributed by atoms with Crippen LogP contribution in [0.4, 0.5) is 5.13 Å². The predicted octanol–water partition coefficient (Wildman–Crippen LogP) is 2.07. The molecule has 0 atom stereocenters. The highest BCUT2D eigenvalue weighted by Gasteiger charge is 2.19. The molecule has 0 aliphatic carbocycles. The van der Waals surface area contributed by atoms with Crippen LogP contribution in [0.5, 0.6) is 0 Å². The maximum Gasteiger partial charge on any atom is 0.218 e. The van der Waals surface area contributed by atoms with E-state index in [0.29, 0.717) is 0 Å². The monoisotopic (exact) mass is 346 g/mol. The third-order valence-electron chi connectivity index (χ3n) is 5.05. The molecular formula is C17H26N6S. The lowest BCUT2D eigenvalue weighted by Crippen LogP contribution is -2.44. The number of aromatic nitrogens is 3. The molecule has 2 saturated heterocycles. The summed E-state index contributed by atoms with van der Waals surface area (Å²) in [4.78, 5) is 7.30. The molecule has 4 heterocycles. The summed E-state index contributed by atoms with van der Waals surface area (Å²) in [6, 6.07) is 4.33. The molecule has 2 aliphatic heterocycles. The van der Waals surface area contributed by atoms with E-state index in [1.807, 2.05) is 0 Å². The van der Waals surface area contributed by atoms with E-state index in [4.69, 9.17) is 0 Å². The fraction of sp³-hybridized carbons (Fsp3) is 0.647. The number of rotatable bonds is 4. The normalized spacial score (nSPS) is 20.6. The first kappa shape index (κ1) is 16.1. The summed E-state index contributed by atoms with van der Waals surface area (Å²) in [6.45, 7) is 7.80. The van der Waals surface area contributed by atoms with E-state index in [1.165, 1.54) is 25.0 Å². The van der Waals surface area contributed by atoms with Crippen molar-refractivity contribution >= 4 is 16.5 Å². The van der Waals surface area contributed by atoms with E-state index in [0.717, 1.165) is 56.1 Å². The van der Waals surface area contributed by atoms with Crippen LogP contribution < -0.4 is 4.90 Å². The van der Waals surface area contributed by atoms with Gasteiger partial charge in [0.1, 0.15) is 0 Å². The summed E-state index contributed by atoms with van der Waals surface area (Å²) >= 11 is 1.71. The number of anilines is 1. The minimum Gasteiger partial charge on any atom is -0.347 e. The first-order valence-corrected chi connectivity index (χ1v) is 9.77. The van der Waals surface area contributed by atoms with Crippen LogP contribution in [0.15, 0.2) is 18.3 Å². The van der Waals surface area contributed by atoms with E-state index in [9.17, 15) is 0 Å². The SMILES string of the molecule is CN1CCN(Cc2cccn2-c2nnc(N3CCCCC3)s2)CC1. The Bertz CT molecular complexity index is 652. The standard InChI is InChI=1S/C17H26N6S/c1-20-10-12-21(13-11-20)14-15-6-5-9-23(15)17-19-18-16(24-17)22-7-3-2-4-8-22/h5-6,9H,2-4,7-8,10-14H2,1H3. The molecule has 2 fully saturated rings. The number of hydrogen-bond acceptors (Lipinski definition) is 6. The maximum atomic E-state index is 4.46. The Kier molecular flexibility index (Phi) is 4.82. The number of likely N-dealkylation sites (N-methyl/N-ethyl adjacent to an activating group) is 1. The van der Waals surface area contributed by atoms with E-state index in [1.54, 1.807) is 11.3 Å². The summed E-state index contributed by atoms with van der Waals surface area (Å²) in [5.74, 6) is 0. The second kappa shape index (κ2) is 7.21. The lowest BCUT2D eigenvalue weighted by molar-refractivity contribution is 0.146. The molecule has 7 heteroatoms. The number of piperazine rings is 1. The third-order valence-corrected chi connectivity index (χ3v) is 6.03. The quantitative estimate of drug-likeness (QED) is 0.848. The van der Waals surface area contributed by atoms with Gasteiger partial charge in [-0.3, -0.25) is 9.47 Å². The van der Waals surface area contributed by atoms with Crippen molar-refractivity contribution < 1.29 is 0 Å². The second-order valence-corrected chi connectivity index (χ2v) is 7.80. The van der Waals surface area contributed by atoms with Gasteiger partial charge in [0, 0.05) is 57.7 Å². The fourth-order valence-electron chi connectivity index (χ4n) is 3.49. The third kappa shape index (κ3) is 3.48. The van der Waals surface area contributed by atoms with Crippen molar-refractivity contribution in [2.45, 2.75) is 25.8 Å². The molecule has 2 aromatic rings. The molecule has 2 aromatic heterocycles. The molecule has 2 aliphatic rings. The summed E-state index contributed by atoms with van der Waals surface area (Å²) in [5, 5.41) is 11.0. The largest absolute Gasteiger partial charge is 0.347 e. The first-order valence-electron chi connectivity index (χ1n) is 8.95. The van der Waals surface area contributed by atoms with Crippen LogP contribution in [0, 0.1) is 0 Å². The van der Waals surface area contributed by atoms with Crippen molar-refractivity contribution in [3.63, 3.8) is 0 Å². The van der Waals surface area contributed by atoms with Gasteiger partial charge in [-0.15, -0.1) is 10.2 Å². The highest BCUT2D eigenvalue weighted by molar-refractivity contribution is 7.17. The Balaban J connectivity index is 1.47. The molecular weight excluding hydrogens is 320 g/mol. The summed E-state index contributed by atoms with van der Waals surface area (Å²) < 4.78 is 2.21. The second-order valence-electron chi connectivity index (χ2n) is 6.86. The van der Waals surface area contributed by atoms with E-state index >= 15 is 0 Å². The van der Waals surface area contributed by atoms with Gasteiger partial charge in [-0.1, -0.05) is 11.3 Å². The molecule has 0 spiro atoms. The molecule has 6 nitrogen and oxygen atoms in total. The average molecular weight is 347 g/mol. The molecule has 0 unspecified atom stereocenters. The van der Waals surface area contributed by atoms with Crippen LogP contribution in [0.1, 0.15) is 25.0 Å². The maximum absolute atomic E-state index is 4.46. The average Bonchev–Trinajstić information content (AvgIpc) is 3.27. The molecule has 130 valence electrons. The molecule has 24 heavy (non-hydrogen) atoms. The number of hydrogen-bond donors (Lipinski definition) is 0. The Hall–Kier alpha value is -1.44. The smallest absolute Gasteiger partial charge is 0.218 e. The van der Waals surface area contributed by atoms with Crippen LogP contribution in [0.3, 0.4) is 0 Å². The van der Waals surface area contributed by atoms with Gasteiger partial charge >= 0.3 is 0 Å². The Labute approximate surface area is 147 Å². The molecule has 0 radical (unpaired) electrons. The van der Waals surface area contributed by atoms with E-state index < -0.39 is 0 Å². The van der Waals surface area contributed by atoms with Crippen molar-refractivity contribution in [3.05, 3.63) is 24.0 Å². The highest BCUT2D eigenvalue weighted by Crippen LogP contribution is 2.27. The van der Waals surface area contributed by atoms with Gasteiger partial charge < -0.3 is 9.80 Å². The lowest BCUT2D eigenvalue weighted by atomic mass is 10.1. The van der Waals surface area contributed by atoms with Crippen molar-refractivity contribution in [1.29, 1.82) is 0 Å². The summed E-state index contributed by atoms with van der Waals surface area (Å²) in [6.07, 6.45) is 6.00. The molecule has 0 N–H and O–H groups in total. The molecule has 0 amide bonds. The van der Waals surface area contributed by atoms with Crippen molar-refractivity contribution in [1.82, 2.24) is 24.6 Å². The first-order chi connectivity index (χ1) is 11.8. The Morgan fingerprint density at radius 2 is 1.71 bits per heavy atom. The van der Waals surface area contributed by atoms with Gasteiger partial charge in [-0.25, -0.2) is 0 Å². The van der Waals surface area contributed by atoms with E-state index in [2.05, 4.69) is 54.8 Å². The van der Waals surface area contributed by atoms with Crippen molar-refractivity contribution in [2.24, 2.45) is 0 Å². The van der Waals surface area contributed by atoms with Crippen LogP contribution in [0.2, 0.25) is 0 Å². The van der Waals surface area contributed by atoms with Gasteiger partial charge in [0.05, 0.1) is 0 Å². The van der Waals surface area contributed by atoms with E-state index in [-0.39, 0.29) is 0 Å². The summed E-state index contributed by atoms with van der Waals surface area (Å²) in [5.41, 5.74) is 1.31. The topological polar surface area (TPSA) is 40.4 Å². The lowest BCUT2D eigenvalue weighted by Gasteiger charge is -2.32. The Morgan fingerprint density at radius 1 is 0.958 bits per heavy atom. The number of piperidine rings is 1. The predicted molar refractivity (Wildman–Crippen MR) is 98.1 cm³/mol. The molecule has 0 bridgehead atoms. The zero-order chi connectivity index (χ0) is 16.4. The molecule has 4 rings (SSSR count). The minimum absolute atomic E-state index is 0.986. The highest BCUT2D eigenvalue weighted by atomic mass is 32.1. The van der Waals surface area contributed by atoms with Crippen LogP contribution in [0.25, 0.3) is 5.13 Å². The van der Waals surface area contributed by atoms with Crippen molar-refractivity contribution in [2.75, 3.05) is 51.2 Å². The summed E-state index contributed by atoms with van der Waals surface area (Å²) in [7, 11) is 2.20.